The standard InChI is InChI=1S/C22H25Br2N3O4/c1-3-5-10-31-22-17(24)11-15(12-19(22)30-4-2)14-25-27-21(29)13-20(28)26-18-9-7-6-8-16(18)23/h6-9,11-12,14H,3-5,10,13H2,1-2H3,(H,26,28)(H,27,29). The van der Waals surface area contributed by atoms with Crippen molar-refractivity contribution >= 4 is 55.6 Å². The third-order valence-corrected chi connectivity index (χ3v) is 5.23. The average Bonchev–Trinajstić information content (AvgIpc) is 2.72. The minimum absolute atomic E-state index is 0.350. The van der Waals surface area contributed by atoms with Crippen LogP contribution in [0.2, 0.25) is 0 Å². The smallest absolute Gasteiger partial charge is 0.249 e. The van der Waals surface area contributed by atoms with E-state index in [4.69, 9.17) is 9.47 Å². The molecule has 9 heteroatoms. The van der Waals surface area contributed by atoms with Crippen molar-refractivity contribution in [3.63, 3.8) is 0 Å². The first-order valence-electron chi connectivity index (χ1n) is 9.90. The molecule has 7 nitrogen and oxygen atoms in total. The molecule has 0 saturated carbocycles. The molecule has 2 rings (SSSR count). The molecule has 0 aliphatic carbocycles. The summed E-state index contributed by atoms with van der Waals surface area (Å²) in [6.45, 7) is 5.07. The zero-order valence-electron chi connectivity index (χ0n) is 17.4. The number of amides is 2. The number of nitrogens with one attached hydrogen (secondary N) is 2. The molecule has 31 heavy (non-hydrogen) atoms. The van der Waals surface area contributed by atoms with E-state index in [1.165, 1.54) is 6.21 Å². The van der Waals surface area contributed by atoms with Gasteiger partial charge in [0.25, 0.3) is 0 Å². The predicted octanol–water partition coefficient (Wildman–Crippen LogP) is 5.27. The number of para-hydroxylation sites is 1. The molecule has 0 saturated heterocycles. The number of hydrogen-bond donors (Lipinski definition) is 2. The van der Waals surface area contributed by atoms with Crippen LogP contribution in [0.3, 0.4) is 0 Å². The molecule has 0 aliphatic heterocycles. The van der Waals surface area contributed by atoms with Crippen molar-refractivity contribution < 1.29 is 19.1 Å². The summed E-state index contributed by atoms with van der Waals surface area (Å²) in [5.41, 5.74) is 3.66. The molecule has 0 spiro atoms. The van der Waals surface area contributed by atoms with Gasteiger partial charge in [0.15, 0.2) is 11.5 Å². The van der Waals surface area contributed by atoms with Crippen LogP contribution in [0.25, 0.3) is 0 Å². The average molecular weight is 555 g/mol. The zero-order chi connectivity index (χ0) is 22.6. The maximum atomic E-state index is 12.0. The summed E-state index contributed by atoms with van der Waals surface area (Å²) in [5, 5.41) is 6.61. The van der Waals surface area contributed by atoms with Crippen LogP contribution < -0.4 is 20.2 Å². The number of unbranched alkanes of at least 4 members (excludes halogenated alkanes) is 1. The largest absolute Gasteiger partial charge is 0.490 e. The molecule has 0 radical (unpaired) electrons. The first-order chi connectivity index (χ1) is 14.9. The summed E-state index contributed by atoms with van der Waals surface area (Å²) in [4.78, 5) is 24.0. The minimum atomic E-state index is -0.524. The van der Waals surface area contributed by atoms with Gasteiger partial charge in [-0.15, -0.1) is 0 Å². The molecule has 2 aromatic carbocycles. The summed E-state index contributed by atoms with van der Waals surface area (Å²) in [6, 6.07) is 10.8. The summed E-state index contributed by atoms with van der Waals surface area (Å²) >= 11 is 6.84. The lowest BCUT2D eigenvalue weighted by atomic mass is 10.2. The fourth-order valence-corrected chi connectivity index (χ4v) is 3.46. The Labute approximate surface area is 198 Å². The number of hydrogen-bond acceptors (Lipinski definition) is 5. The van der Waals surface area contributed by atoms with E-state index in [0.717, 1.165) is 21.8 Å². The van der Waals surface area contributed by atoms with Crippen LogP contribution in [0.1, 0.15) is 38.7 Å². The summed E-state index contributed by atoms with van der Waals surface area (Å²) in [5.74, 6) is 0.271. The van der Waals surface area contributed by atoms with Gasteiger partial charge >= 0.3 is 0 Å². The number of halogens is 2. The van der Waals surface area contributed by atoms with Gasteiger partial charge in [0, 0.05) is 4.47 Å². The summed E-state index contributed by atoms with van der Waals surface area (Å²) in [6.07, 6.45) is 3.11. The highest BCUT2D eigenvalue weighted by atomic mass is 79.9. The number of anilines is 1. The Morgan fingerprint density at radius 2 is 1.84 bits per heavy atom. The van der Waals surface area contributed by atoms with Crippen molar-refractivity contribution in [1.82, 2.24) is 5.43 Å². The molecular weight excluding hydrogens is 530 g/mol. The highest BCUT2D eigenvalue weighted by Crippen LogP contribution is 2.36. The number of ether oxygens (including phenoxy) is 2. The van der Waals surface area contributed by atoms with Gasteiger partial charge in [0.2, 0.25) is 11.8 Å². The Balaban J connectivity index is 1.95. The first-order valence-corrected chi connectivity index (χ1v) is 11.5. The lowest BCUT2D eigenvalue weighted by molar-refractivity contribution is -0.126. The second-order valence-electron chi connectivity index (χ2n) is 6.46. The van der Waals surface area contributed by atoms with Gasteiger partial charge in [-0.1, -0.05) is 25.5 Å². The van der Waals surface area contributed by atoms with Crippen LogP contribution in [-0.4, -0.2) is 31.2 Å². The highest BCUT2D eigenvalue weighted by Gasteiger charge is 2.13. The fourth-order valence-electron chi connectivity index (χ4n) is 2.51. The van der Waals surface area contributed by atoms with Gasteiger partial charge in [0.05, 0.1) is 29.6 Å². The number of carbonyl (C=O) groups excluding carboxylic acids is 2. The number of benzene rings is 2. The van der Waals surface area contributed by atoms with Crippen molar-refractivity contribution in [3.8, 4) is 11.5 Å². The molecule has 0 heterocycles. The molecule has 0 aliphatic rings. The van der Waals surface area contributed by atoms with Crippen molar-refractivity contribution in [2.45, 2.75) is 33.1 Å². The van der Waals surface area contributed by atoms with Gasteiger partial charge < -0.3 is 14.8 Å². The van der Waals surface area contributed by atoms with E-state index in [2.05, 4.69) is 54.6 Å². The van der Waals surface area contributed by atoms with E-state index in [0.29, 0.717) is 36.0 Å². The lowest BCUT2D eigenvalue weighted by Gasteiger charge is -2.14. The van der Waals surface area contributed by atoms with Crippen LogP contribution in [-0.2, 0) is 9.59 Å². The Morgan fingerprint density at radius 1 is 1.06 bits per heavy atom. The molecule has 0 bridgehead atoms. The van der Waals surface area contributed by atoms with E-state index >= 15 is 0 Å². The predicted molar refractivity (Wildman–Crippen MR) is 129 cm³/mol. The van der Waals surface area contributed by atoms with E-state index in [1.54, 1.807) is 24.3 Å². The van der Waals surface area contributed by atoms with E-state index in [1.807, 2.05) is 19.1 Å². The number of carbonyl (C=O) groups is 2. The molecule has 0 unspecified atom stereocenters. The van der Waals surface area contributed by atoms with Crippen molar-refractivity contribution in [2.75, 3.05) is 18.5 Å². The third-order valence-electron chi connectivity index (χ3n) is 3.95. The van der Waals surface area contributed by atoms with Crippen LogP contribution in [0.5, 0.6) is 11.5 Å². The third kappa shape index (κ3) is 8.34. The van der Waals surface area contributed by atoms with Crippen LogP contribution in [0.4, 0.5) is 5.69 Å². The lowest BCUT2D eigenvalue weighted by Crippen LogP contribution is -2.24. The number of hydrazone groups is 1. The van der Waals surface area contributed by atoms with Crippen molar-refractivity contribution in [2.24, 2.45) is 5.10 Å². The zero-order valence-corrected chi connectivity index (χ0v) is 20.6. The van der Waals surface area contributed by atoms with E-state index < -0.39 is 11.8 Å². The molecule has 0 aromatic heterocycles. The maximum Gasteiger partial charge on any atom is 0.249 e. The molecule has 0 atom stereocenters. The second kappa shape index (κ2) is 13.1. The van der Waals surface area contributed by atoms with Crippen LogP contribution >= 0.6 is 31.9 Å². The van der Waals surface area contributed by atoms with Gasteiger partial charge in [-0.2, -0.15) is 5.10 Å². The van der Waals surface area contributed by atoms with Crippen molar-refractivity contribution in [1.29, 1.82) is 0 Å². The van der Waals surface area contributed by atoms with Gasteiger partial charge in [0.1, 0.15) is 6.42 Å². The fraction of sp³-hybridized carbons (Fsp3) is 0.318. The molecule has 0 fully saturated rings. The maximum absolute atomic E-state index is 12.0. The molecule has 2 N–H and O–H groups in total. The monoisotopic (exact) mass is 553 g/mol. The summed E-state index contributed by atoms with van der Waals surface area (Å²) < 4.78 is 13.0. The summed E-state index contributed by atoms with van der Waals surface area (Å²) in [7, 11) is 0. The highest BCUT2D eigenvalue weighted by molar-refractivity contribution is 9.11. The number of rotatable bonds is 11. The Bertz CT molecular complexity index is 935. The molecule has 2 aromatic rings. The van der Waals surface area contributed by atoms with Crippen LogP contribution in [0, 0.1) is 0 Å². The van der Waals surface area contributed by atoms with E-state index in [-0.39, 0.29) is 6.42 Å². The molecule has 2 amide bonds. The topological polar surface area (TPSA) is 89.0 Å². The molecular formula is C22H25Br2N3O4. The van der Waals surface area contributed by atoms with Gasteiger partial charge in [-0.25, -0.2) is 5.43 Å². The van der Waals surface area contributed by atoms with Gasteiger partial charge in [-0.05, 0) is 75.0 Å². The Kier molecular flexibility index (Phi) is 10.5. The SMILES string of the molecule is CCCCOc1c(Br)cc(C=NNC(=O)CC(=O)Nc2ccccc2Br)cc1OCC. The molecule has 166 valence electrons. The van der Waals surface area contributed by atoms with Crippen LogP contribution in [0.15, 0.2) is 50.4 Å². The van der Waals surface area contributed by atoms with Gasteiger partial charge in [-0.3, -0.25) is 9.59 Å². The first kappa shape index (κ1) is 24.9. The second-order valence-corrected chi connectivity index (χ2v) is 8.17. The van der Waals surface area contributed by atoms with Crippen molar-refractivity contribution in [3.05, 3.63) is 50.9 Å². The number of nitrogens with zero attached hydrogens (tertiary/aromatic N) is 1. The normalized spacial score (nSPS) is 10.7. The van der Waals surface area contributed by atoms with E-state index in [9.17, 15) is 9.59 Å². The minimum Gasteiger partial charge on any atom is -0.490 e. The quantitative estimate of drug-likeness (QED) is 0.171. The Hall–Kier alpha value is -2.39. The Morgan fingerprint density at radius 3 is 2.55 bits per heavy atom.